The molecule has 12 heteroatoms. The lowest BCUT2D eigenvalue weighted by Crippen LogP contribution is -2.58. The highest BCUT2D eigenvalue weighted by Crippen LogP contribution is 2.26. The molecule has 0 unspecified atom stereocenters. The van der Waals surface area contributed by atoms with E-state index in [0.717, 1.165) is 6.07 Å². The number of aliphatic carboxylic acids is 1. The molecule has 1 aromatic rings. The van der Waals surface area contributed by atoms with Crippen LogP contribution in [0.1, 0.15) is 57.3 Å². The molecule has 3 atom stereocenters. The third kappa shape index (κ3) is 7.33. The third-order valence-corrected chi connectivity index (χ3v) is 5.65. The van der Waals surface area contributed by atoms with Crippen molar-refractivity contribution in [2.45, 2.75) is 65.1 Å². The van der Waals surface area contributed by atoms with Crippen LogP contribution in [-0.4, -0.2) is 70.6 Å². The van der Waals surface area contributed by atoms with Crippen molar-refractivity contribution in [3.05, 3.63) is 29.6 Å². The zero-order valence-corrected chi connectivity index (χ0v) is 20.6. The molecule has 1 aliphatic heterocycles. The Balaban J connectivity index is 2.22. The maximum Gasteiger partial charge on any atom is 0.305 e. The van der Waals surface area contributed by atoms with Crippen LogP contribution in [-0.2, 0) is 24.0 Å². The summed E-state index contributed by atoms with van der Waals surface area (Å²) in [6.45, 7) is 6.57. The Labute approximate surface area is 207 Å². The van der Waals surface area contributed by atoms with Crippen molar-refractivity contribution in [2.24, 2.45) is 5.41 Å². The maximum absolute atomic E-state index is 14.6. The molecule has 4 amide bonds. The van der Waals surface area contributed by atoms with Gasteiger partial charge in [0.25, 0.3) is 5.91 Å². The number of hydrogen-bond donors (Lipinski definition) is 4. The van der Waals surface area contributed by atoms with Crippen LogP contribution in [0.25, 0.3) is 0 Å². The van der Waals surface area contributed by atoms with Gasteiger partial charge >= 0.3 is 5.97 Å². The van der Waals surface area contributed by atoms with Crippen LogP contribution in [0.15, 0.2) is 18.2 Å². The molecule has 0 bridgehead atoms. The number of likely N-dealkylation sites (tertiary alicyclic amines) is 1. The van der Waals surface area contributed by atoms with E-state index >= 15 is 0 Å². The van der Waals surface area contributed by atoms with Crippen LogP contribution in [0.2, 0.25) is 0 Å². The Bertz CT molecular complexity index is 1050. The molecule has 1 heterocycles. The molecule has 0 aliphatic carbocycles. The Hall–Kier alpha value is -3.83. The van der Waals surface area contributed by atoms with Crippen molar-refractivity contribution < 1.29 is 38.3 Å². The number of benzene rings is 1. The summed E-state index contributed by atoms with van der Waals surface area (Å²) < 4.78 is 14.6. The third-order valence-electron chi connectivity index (χ3n) is 5.65. The molecule has 1 fully saturated rings. The summed E-state index contributed by atoms with van der Waals surface area (Å²) in [6, 6.07) is 0.209. The van der Waals surface area contributed by atoms with Gasteiger partial charge in [-0.2, -0.15) is 0 Å². The quantitative estimate of drug-likeness (QED) is 0.364. The van der Waals surface area contributed by atoms with Crippen LogP contribution in [0.4, 0.5) is 10.1 Å². The zero-order chi connectivity index (χ0) is 27.2. The summed E-state index contributed by atoms with van der Waals surface area (Å²) in [4.78, 5) is 73.6. The van der Waals surface area contributed by atoms with Gasteiger partial charge in [-0.05, 0) is 36.5 Å². The van der Waals surface area contributed by atoms with Crippen LogP contribution >= 0.6 is 0 Å². The lowest BCUT2D eigenvalue weighted by molar-refractivity contribution is -0.143. The summed E-state index contributed by atoms with van der Waals surface area (Å²) in [6.07, 6.45) is 0.499. The number of hydrogen-bond acceptors (Lipinski definition) is 6. The van der Waals surface area contributed by atoms with E-state index in [-0.39, 0.29) is 17.8 Å². The number of carbonyl (C=O) groups is 6. The van der Waals surface area contributed by atoms with Gasteiger partial charge in [0, 0.05) is 19.2 Å². The fourth-order valence-corrected chi connectivity index (χ4v) is 3.91. The van der Waals surface area contributed by atoms with E-state index in [1.165, 1.54) is 24.0 Å². The molecule has 0 aromatic heterocycles. The van der Waals surface area contributed by atoms with E-state index in [1.54, 1.807) is 20.8 Å². The second kappa shape index (κ2) is 11.7. The highest BCUT2D eigenvalue weighted by atomic mass is 19.1. The molecule has 2 rings (SSSR count). The SMILES string of the molecule is CC(=O)Nc1ccc(C(=O)N[C@H](C(=O)N2CCC[C@H]2C(=O)N[C@H](C=O)CC(=O)O)C(C)(C)C)c(F)c1. The maximum atomic E-state index is 14.6. The summed E-state index contributed by atoms with van der Waals surface area (Å²) >= 11 is 0. The topological polar surface area (TPSA) is 162 Å². The Morgan fingerprint density at radius 1 is 1.19 bits per heavy atom. The predicted molar refractivity (Wildman–Crippen MR) is 126 cm³/mol. The molecule has 36 heavy (non-hydrogen) atoms. The number of nitrogens with zero attached hydrogens (tertiary/aromatic N) is 1. The summed E-state index contributed by atoms with van der Waals surface area (Å²) in [5, 5.41) is 16.2. The average Bonchev–Trinajstić information content (AvgIpc) is 3.25. The number of amides is 4. The molecule has 1 saturated heterocycles. The fourth-order valence-electron chi connectivity index (χ4n) is 3.91. The van der Waals surface area contributed by atoms with Gasteiger partial charge in [-0.3, -0.25) is 24.0 Å². The largest absolute Gasteiger partial charge is 0.481 e. The van der Waals surface area contributed by atoms with Gasteiger partial charge in [0.15, 0.2) is 0 Å². The summed E-state index contributed by atoms with van der Waals surface area (Å²) in [7, 11) is 0. The van der Waals surface area contributed by atoms with Crippen molar-refractivity contribution in [3.8, 4) is 0 Å². The van der Waals surface area contributed by atoms with E-state index in [4.69, 9.17) is 5.11 Å². The molecule has 1 aliphatic rings. The predicted octanol–water partition coefficient (Wildman–Crippen LogP) is 1.08. The van der Waals surface area contributed by atoms with Gasteiger partial charge in [-0.15, -0.1) is 0 Å². The van der Waals surface area contributed by atoms with E-state index < -0.39 is 65.4 Å². The number of halogens is 1. The Morgan fingerprint density at radius 3 is 2.39 bits per heavy atom. The molecule has 4 N–H and O–H groups in total. The molecular formula is C24H31FN4O7. The standard InChI is InChI=1S/C24H31FN4O7/c1-13(31)26-14-7-8-16(17(25)10-14)21(34)28-20(24(2,3)4)23(36)29-9-5-6-18(29)22(35)27-15(12-30)11-19(32)33/h7-8,10,12,15,18,20H,5-6,9,11H2,1-4H3,(H,26,31)(H,27,35)(H,28,34)(H,32,33)/t15-,18-,20+/m0/s1. The van der Waals surface area contributed by atoms with Crippen LogP contribution in [0.5, 0.6) is 0 Å². The Kier molecular flexibility index (Phi) is 9.26. The zero-order valence-electron chi connectivity index (χ0n) is 20.6. The fraction of sp³-hybridized carbons (Fsp3) is 0.500. The number of rotatable bonds is 9. The number of anilines is 1. The van der Waals surface area contributed by atoms with Crippen molar-refractivity contribution in [2.75, 3.05) is 11.9 Å². The number of carbonyl (C=O) groups excluding carboxylic acids is 5. The Morgan fingerprint density at radius 2 is 1.86 bits per heavy atom. The van der Waals surface area contributed by atoms with E-state index in [2.05, 4.69) is 16.0 Å². The first kappa shape index (κ1) is 28.4. The van der Waals surface area contributed by atoms with Gasteiger partial charge in [0.1, 0.15) is 24.2 Å². The van der Waals surface area contributed by atoms with Gasteiger partial charge in [0.2, 0.25) is 17.7 Å². The second-order valence-electron chi connectivity index (χ2n) is 9.69. The van der Waals surface area contributed by atoms with Gasteiger partial charge in [-0.1, -0.05) is 20.8 Å². The van der Waals surface area contributed by atoms with Crippen molar-refractivity contribution in [1.82, 2.24) is 15.5 Å². The van der Waals surface area contributed by atoms with Gasteiger partial charge in [-0.25, -0.2) is 4.39 Å². The molecule has 196 valence electrons. The number of carboxylic acid groups (broad SMARTS) is 1. The highest BCUT2D eigenvalue weighted by Gasteiger charge is 2.42. The van der Waals surface area contributed by atoms with Crippen LogP contribution in [0.3, 0.4) is 0 Å². The minimum Gasteiger partial charge on any atom is -0.481 e. The molecule has 0 radical (unpaired) electrons. The highest BCUT2D eigenvalue weighted by molar-refractivity contribution is 6.00. The average molecular weight is 507 g/mol. The first-order valence-electron chi connectivity index (χ1n) is 11.4. The second-order valence-corrected chi connectivity index (χ2v) is 9.69. The molecule has 0 saturated carbocycles. The molecular weight excluding hydrogens is 475 g/mol. The van der Waals surface area contributed by atoms with Crippen LogP contribution in [0, 0.1) is 11.2 Å². The van der Waals surface area contributed by atoms with Crippen molar-refractivity contribution >= 4 is 41.6 Å². The monoisotopic (exact) mass is 506 g/mol. The van der Waals surface area contributed by atoms with Gasteiger partial charge < -0.3 is 30.8 Å². The molecule has 0 spiro atoms. The number of carboxylic acids is 1. The first-order valence-corrected chi connectivity index (χ1v) is 11.4. The lowest BCUT2D eigenvalue weighted by atomic mass is 9.85. The number of nitrogens with one attached hydrogen (secondary N) is 3. The number of aldehydes is 1. The molecule has 11 nitrogen and oxygen atoms in total. The van der Waals surface area contributed by atoms with E-state index in [0.29, 0.717) is 19.1 Å². The minimum atomic E-state index is -1.26. The van der Waals surface area contributed by atoms with E-state index in [9.17, 15) is 33.2 Å². The van der Waals surface area contributed by atoms with Crippen molar-refractivity contribution in [1.29, 1.82) is 0 Å². The first-order chi connectivity index (χ1) is 16.7. The normalized spacial score (nSPS) is 17.0. The smallest absolute Gasteiger partial charge is 0.305 e. The van der Waals surface area contributed by atoms with Gasteiger partial charge in [0.05, 0.1) is 18.0 Å². The van der Waals surface area contributed by atoms with Crippen molar-refractivity contribution in [3.63, 3.8) is 0 Å². The summed E-state index contributed by atoms with van der Waals surface area (Å²) in [5.74, 6) is -4.65. The minimum absolute atomic E-state index is 0.169. The van der Waals surface area contributed by atoms with Crippen LogP contribution < -0.4 is 16.0 Å². The lowest BCUT2D eigenvalue weighted by Gasteiger charge is -2.35. The molecule has 1 aromatic carbocycles. The van der Waals surface area contributed by atoms with E-state index in [1.807, 2.05) is 0 Å². The summed E-state index contributed by atoms with van der Waals surface area (Å²) in [5.41, 5.74) is -0.982.